The van der Waals surface area contributed by atoms with Gasteiger partial charge in [-0.15, -0.1) is 0 Å². The molecule has 3 aromatic rings. The number of benzene rings is 2. The highest BCUT2D eigenvalue weighted by molar-refractivity contribution is 5.84. The van der Waals surface area contributed by atoms with Crippen LogP contribution in [-0.2, 0) is 5.54 Å². The maximum atomic E-state index is 2.47. The van der Waals surface area contributed by atoms with Gasteiger partial charge in [0.05, 0.1) is 5.54 Å². The highest BCUT2D eigenvalue weighted by Gasteiger charge is 2.33. The van der Waals surface area contributed by atoms with E-state index in [1.165, 1.54) is 27.6 Å². The third-order valence-electron chi connectivity index (χ3n) is 5.17. The van der Waals surface area contributed by atoms with E-state index in [1.54, 1.807) is 0 Å². The number of rotatable bonds is 3. The maximum Gasteiger partial charge on any atom is 0.0691 e. The molecule has 1 unspecified atom stereocenters. The van der Waals surface area contributed by atoms with E-state index in [4.69, 9.17) is 0 Å². The number of fused-ring (bicyclic) bond motifs is 1. The fraction of sp³-hybridized carbons (Fsp3) is 0.333. The molecule has 0 aliphatic heterocycles. The van der Waals surface area contributed by atoms with Crippen molar-refractivity contribution in [3.63, 3.8) is 0 Å². The van der Waals surface area contributed by atoms with Gasteiger partial charge in [-0.2, -0.15) is 0 Å². The van der Waals surface area contributed by atoms with Crippen LogP contribution in [0.4, 0.5) is 0 Å². The molecule has 1 heteroatoms. The molecule has 22 heavy (non-hydrogen) atoms. The predicted molar refractivity (Wildman–Crippen MR) is 95.4 cm³/mol. The second-order valence-corrected chi connectivity index (χ2v) is 6.87. The Morgan fingerprint density at radius 3 is 2.18 bits per heavy atom. The molecule has 0 aliphatic carbocycles. The quantitative estimate of drug-likeness (QED) is 0.585. The van der Waals surface area contributed by atoms with E-state index < -0.39 is 0 Å². The Kier molecular flexibility index (Phi) is 3.60. The second-order valence-electron chi connectivity index (χ2n) is 6.87. The Bertz CT molecular complexity index is 792. The molecule has 0 radical (unpaired) electrons. The first kappa shape index (κ1) is 14.9. The summed E-state index contributed by atoms with van der Waals surface area (Å²) >= 11 is 0. The van der Waals surface area contributed by atoms with Gasteiger partial charge in [-0.3, -0.25) is 0 Å². The highest BCUT2D eigenvalue weighted by atomic mass is 15.1. The van der Waals surface area contributed by atoms with Crippen molar-refractivity contribution < 1.29 is 0 Å². The predicted octanol–water partition coefficient (Wildman–Crippen LogP) is 5.68. The van der Waals surface area contributed by atoms with Gasteiger partial charge in [-0.05, 0) is 43.9 Å². The number of hydrogen-bond acceptors (Lipinski definition) is 0. The van der Waals surface area contributed by atoms with E-state index in [1.807, 2.05) is 0 Å². The van der Waals surface area contributed by atoms with Crippen molar-refractivity contribution in [3.05, 3.63) is 71.4 Å². The first-order valence-electron chi connectivity index (χ1n) is 8.09. The SMILES string of the molecule is Cc1ccc(C(C)(C(C)C)n2cc(C)c3ccccc32)cc1. The Balaban J connectivity index is 2.28. The molecule has 3 rings (SSSR count). The van der Waals surface area contributed by atoms with Crippen molar-refractivity contribution in [2.45, 2.75) is 40.2 Å². The number of para-hydroxylation sites is 1. The van der Waals surface area contributed by atoms with E-state index in [-0.39, 0.29) is 5.54 Å². The van der Waals surface area contributed by atoms with Crippen molar-refractivity contribution >= 4 is 10.9 Å². The molecule has 114 valence electrons. The van der Waals surface area contributed by atoms with Crippen LogP contribution in [0.2, 0.25) is 0 Å². The number of nitrogens with zero attached hydrogens (tertiary/aromatic N) is 1. The molecule has 0 spiro atoms. The van der Waals surface area contributed by atoms with E-state index >= 15 is 0 Å². The summed E-state index contributed by atoms with van der Waals surface area (Å²) in [6.45, 7) is 11.3. The van der Waals surface area contributed by atoms with Gasteiger partial charge in [0.25, 0.3) is 0 Å². The molecule has 0 amide bonds. The molecule has 0 saturated heterocycles. The van der Waals surface area contributed by atoms with E-state index in [2.05, 4.69) is 93.9 Å². The van der Waals surface area contributed by atoms with Gasteiger partial charge in [-0.1, -0.05) is 61.9 Å². The third-order valence-corrected chi connectivity index (χ3v) is 5.17. The summed E-state index contributed by atoms with van der Waals surface area (Å²) in [5.41, 5.74) is 5.28. The fourth-order valence-corrected chi connectivity index (χ4v) is 3.38. The van der Waals surface area contributed by atoms with Crippen LogP contribution in [0.5, 0.6) is 0 Å². The molecular weight excluding hydrogens is 266 g/mol. The largest absolute Gasteiger partial charge is 0.337 e. The zero-order chi connectivity index (χ0) is 15.9. The van der Waals surface area contributed by atoms with Crippen LogP contribution in [0.25, 0.3) is 10.9 Å². The topological polar surface area (TPSA) is 4.93 Å². The summed E-state index contributed by atoms with van der Waals surface area (Å²) in [7, 11) is 0. The van der Waals surface area contributed by atoms with E-state index in [9.17, 15) is 0 Å². The summed E-state index contributed by atoms with van der Waals surface area (Å²) in [6.07, 6.45) is 2.31. The molecule has 0 N–H and O–H groups in total. The highest BCUT2D eigenvalue weighted by Crippen LogP contribution is 2.38. The van der Waals surface area contributed by atoms with Gasteiger partial charge in [0, 0.05) is 17.1 Å². The van der Waals surface area contributed by atoms with Crippen LogP contribution >= 0.6 is 0 Å². The molecule has 0 bridgehead atoms. The summed E-state index contributed by atoms with van der Waals surface area (Å²) in [6, 6.07) is 17.7. The Hall–Kier alpha value is -2.02. The fourth-order valence-electron chi connectivity index (χ4n) is 3.38. The first-order valence-corrected chi connectivity index (χ1v) is 8.09. The average molecular weight is 291 g/mol. The second kappa shape index (κ2) is 5.31. The van der Waals surface area contributed by atoms with Crippen molar-refractivity contribution in [3.8, 4) is 0 Å². The monoisotopic (exact) mass is 291 g/mol. The lowest BCUT2D eigenvalue weighted by Crippen LogP contribution is -2.36. The molecule has 1 atom stereocenters. The molecular formula is C21H25N. The lowest BCUT2D eigenvalue weighted by molar-refractivity contribution is 0.289. The van der Waals surface area contributed by atoms with Crippen LogP contribution < -0.4 is 0 Å². The molecule has 1 heterocycles. The minimum Gasteiger partial charge on any atom is -0.337 e. The van der Waals surface area contributed by atoms with E-state index in [0.29, 0.717) is 5.92 Å². The van der Waals surface area contributed by atoms with Gasteiger partial charge in [0.15, 0.2) is 0 Å². The van der Waals surface area contributed by atoms with Crippen molar-refractivity contribution in [2.75, 3.05) is 0 Å². The summed E-state index contributed by atoms with van der Waals surface area (Å²) in [5, 5.41) is 1.35. The van der Waals surface area contributed by atoms with Crippen molar-refractivity contribution in [1.82, 2.24) is 4.57 Å². The van der Waals surface area contributed by atoms with Gasteiger partial charge < -0.3 is 4.57 Å². The smallest absolute Gasteiger partial charge is 0.0691 e. The van der Waals surface area contributed by atoms with Crippen molar-refractivity contribution in [2.24, 2.45) is 5.92 Å². The zero-order valence-electron chi connectivity index (χ0n) is 14.2. The lowest BCUT2D eigenvalue weighted by atomic mass is 9.81. The standard InChI is InChI=1S/C21H25N/c1-15(2)21(5,18-12-10-16(3)11-13-18)22-14-17(4)19-8-6-7-9-20(19)22/h6-15H,1-5H3. The normalized spacial score (nSPS) is 14.5. The lowest BCUT2D eigenvalue weighted by Gasteiger charge is -2.37. The molecule has 1 aromatic heterocycles. The molecule has 0 aliphatic rings. The summed E-state index contributed by atoms with van der Waals surface area (Å²) < 4.78 is 2.47. The number of hydrogen-bond donors (Lipinski definition) is 0. The summed E-state index contributed by atoms with van der Waals surface area (Å²) in [5.74, 6) is 0.491. The Labute approximate surface area is 133 Å². The van der Waals surface area contributed by atoms with Crippen molar-refractivity contribution in [1.29, 1.82) is 0 Å². The zero-order valence-corrected chi connectivity index (χ0v) is 14.2. The maximum absolute atomic E-state index is 2.47. The van der Waals surface area contributed by atoms with E-state index in [0.717, 1.165) is 0 Å². The van der Waals surface area contributed by atoms with Gasteiger partial charge >= 0.3 is 0 Å². The first-order chi connectivity index (χ1) is 10.4. The van der Waals surface area contributed by atoms with Crippen LogP contribution in [0, 0.1) is 19.8 Å². The van der Waals surface area contributed by atoms with Crippen LogP contribution in [0.15, 0.2) is 54.7 Å². The van der Waals surface area contributed by atoms with Crippen LogP contribution in [0.1, 0.15) is 37.5 Å². The van der Waals surface area contributed by atoms with Gasteiger partial charge in [0.2, 0.25) is 0 Å². The Morgan fingerprint density at radius 1 is 0.909 bits per heavy atom. The average Bonchev–Trinajstić information content (AvgIpc) is 2.85. The molecule has 1 nitrogen and oxygen atoms in total. The molecule has 2 aromatic carbocycles. The minimum atomic E-state index is -0.0540. The summed E-state index contributed by atoms with van der Waals surface area (Å²) in [4.78, 5) is 0. The van der Waals surface area contributed by atoms with Gasteiger partial charge in [-0.25, -0.2) is 0 Å². The number of aryl methyl sites for hydroxylation is 2. The van der Waals surface area contributed by atoms with Crippen LogP contribution in [-0.4, -0.2) is 4.57 Å². The van der Waals surface area contributed by atoms with Crippen LogP contribution in [0.3, 0.4) is 0 Å². The Morgan fingerprint density at radius 2 is 1.55 bits per heavy atom. The number of aromatic nitrogens is 1. The molecule has 0 saturated carbocycles. The van der Waals surface area contributed by atoms with Gasteiger partial charge in [0.1, 0.15) is 0 Å². The third kappa shape index (κ3) is 2.16. The minimum absolute atomic E-state index is 0.0540. The molecule has 0 fully saturated rings.